The van der Waals surface area contributed by atoms with Gasteiger partial charge in [-0.25, -0.2) is 0 Å². The fourth-order valence-electron chi connectivity index (χ4n) is 2.55. The van der Waals surface area contributed by atoms with Crippen LogP contribution in [0.2, 0.25) is 0 Å². The number of benzene rings is 1. The maximum absolute atomic E-state index is 12.9. The van der Waals surface area contributed by atoms with Gasteiger partial charge in [-0.3, -0.25) is 4.79 Å². The summed E-state index contributed by atoms with van der Waals surface area (Å²) in [6, 6.07) is 3.64. The van der Waals surface area contributed by atoms with Crippen LogP contribution in [0.15, 0.2) is 24.8 Å². The van der Waals surface area contributed by atoms with Gasteiger partial charge in [-0.05, 0) is 49.4 Å². The third kappa shape index (κ3) is 2.01. The van der Waals surface area contributed by atoms with E-state index in [2.05, 4.69) is 11.9 Å². The summed E-state index contributed by atoms with van der Waals surface area (Å²) < 4.78 is 38.6. The van der Waals surface area contributed by atoms with Gasteiger partial charge in [0.25, 0.3) is 0 Å². The molecule has 1 amide bonds. The first kappa shape index (κ1) is 13.2. The molecule has 0 atom stereocenters. The van der Waals surface area contributed by atoms with E-state index in [9.17, 15) is 18.0 Å². The van der Waals surface area contributed by atoms with Crippen LogP contribution in [0.5, 0.6) is 0 Å². The molecule has 0 heterocycles. The van der Waals surface area contributed by atoms with Crippen LogP contribution in [-0.2, 0) is 11.0 Å². The van der Waals surface area contributed by atoms with Crippen LogP contribution in [0, 0.1) is 11.3 Å². The third-order valence-electron chi connectivity index (χ3n) is 4.18. The molecular weight excluding hydrogens is 267 g/mol. The van der Waals surface area contributed by atoms with Crippen molar-refractivity contribution in [2.75, 3.05) is 5.32 Å². The van der Waals surface area contributed by atoms with Crippen LogP contribution >= 0.6 is 0 Å². The highest BCUT2D eigenvalue weighted by Crippen LogP contribution is 2.75. The minimum atomic E-state index is -4.42. The Morgan fingerprint density at radius 2 is 2.00 bits per heavy atom. The fraction of sp³-hybridized carbons (Fsp3) is 0.400. The van der Waals surface area contributed by atoms with Crippen LogP contribution in [0.3, 0.4) is 0 Å². The van der Waals surface area contributed by atoms with Gasteiger partial charge in [-0.1, -0.05) is 12.2 Å². The molecule has 0 radical (unpaired) electrons. The Morgan fingerprint density at radius 3 is 2.45 bits per heavy atom. The van der Waals surface area contributed by atoms with Crippen LogP contribution < -0.4 is 5.32 Å². The van der Waals surface area contributed by atoms with Crippen molar-refractivity contribution < 1.29 is 18.0 Å². The van der Waals surface area contributed by atoms with Gasteiger partial charge in [0.2, 0.25) is 5.91 Å². The van der Waals surface area contributed by atoms with Crippen molar-refractivity contribution in [2.45, 2.75) is 25.9 Å². The zero-order valence-corrected chi connectivity index (χ0v) is 11.0. The van der Waals surface area contributed by atoms with Crippen molar-refractivity contribution in [3.8, 4) is 0 Å². The molecule has 0 saturated heterocycles. The van der Waals surface area contributed by atoms with Crippen molar-refractivity contribution in [1.82, 2.24) is 0 Å². The van der Waals surface area contributed by atoms with E-state index in [0.29, 0.717) is 17.2 Å². The minimum absolute atomic E-state index is 0.0240. The number of hydrogen-bond donors (Lipinski definition) is 1. The lowest BCUT2D eigenvalue weighted by Crippen LogP contribution is -2.18. The second-order valence-corrected chi connectivity index (χ2v) is 5.75. The number of nitrogens with one attached hydrogen (secondary N) is 1. The summed E-state index contributed by atoms with van der Waals surface area (Å²) >= 11 is 0. The molecular formula is C15H14F3NO. The van der Waals surface area contributed by atoms with E-state index in [4.69, 9.17) is 0 Å². The van der Waals surface area contributed by atoms with Crippen molar-refractivity contribution >= 4 is 17.2 Å². The molecule has 20 heavy (non-hydrogen) atoms. The number of fused-ring (bicyclic) bond motifs is 1. The maximum Gasteiger partial charge on any atom is 0.416 e. The number of allylic oxidation sites excluding steroid dienone is 1. The maximum atomic E-state index is 12.9. The smallest absolute Gasteiger partial charge is 0.326 e. The Hall–Kier alpha value is -1.78. The van der Waals surface area contributed by atoms with E-state index in [-0.39, 0.29) is 16.9 Å². The first-order chi connectivity index (χ1) is 9.24. The first-order valence-electron chi connectivity index (χ1n) is 6.42. The number of rotatable bonds is 3. The molecule has 0 spiro atoms. The molecule has 1 aromatic carbocycles. The molecule has 0 aromatic heterocycles. The third-order valence-corrected chi connectivity index (χ3v) is 4.18. The molecule has 106 valence electrons. The lowest BCUT2D eigenvalue weighted by molar-refractivity contribution is -0.137. The zero-order chi connectivity index (χ0) is 14.7. The molecule has 5 heteroatoms. The lowest BCUT2D eigenvalue weighted by Gasteiger charge is -2.15. The summed E-state index contributed by atoms with van der Waals surface area (Å²) in [5.41, 5.74) is -0.186. The number of alkyl halides is 3. The van der Waals surface area contributed by atoms with Gasteiger partial charge in [-0.2, -0.15) is 13.2 Å². The molecule has 2 saturated carbocycles. The van der Waals surface area contributed by atoms with Crippen molar-refractivity contribution in [3.05, 3.63) is 35.9 Å². The molecule has 3 rings (SSSR count). The molecule has 2 fully saturated rings. The number of amides is 1. The number of carbonyl (C=O) groups is 1. The van der Waals surface area contributed by atoms with Crippen LogP contribution in [0.1, 0.15) is 30.9 Å². The van der Waals surface area contributed by atoms with Crippen molar-refractivity contribution in [3.63, 3.8) is 0 Å². The largest absolute Gasteiger partial charge is 0.416 e. The number of carbonyl (C=O) groups excluding carboxylic acids is 1. The predicted octanol–water partition coefficient (Wildman–Crippen LogP) is 4.09. The topological polar surface area (TPSA) is 29.1 Å². The van der Waals surface area contributed by atoms with Gasteiger partial charge in [0.1, 0.15) is 0 Å². The Bertz CT molecular complexity index is 612. The Kier molecular flexibility index (Phi) is 2.56. The number of hydrogen-bond acceptors (Lipinski definition) is 1. The van der Waals surface area contributed by atoms with E-state index in [1.807, 2.05) is 0 Å². The standard InChI is InChI=1S/C15H14F3NO/c1-8(2)11-5-10(3-4-12(11)15(16,17)18)19-13(20)14-6-9(14)7-14/h3-5,9H,1,6-7H2,2H3,(H,19,20). The van der Waals surface area contributed by atoms with Gasteiger partial charge in [-0.15, -0.1) is 0 Å². The Morgan fingerprint density at radius 1 is 1.40 bits per heavy atom. The summed E-state index contributed by atoms with van der Waals surface area (Å²) in [5, 5.41) is 2.71. The average molecular weight is 281 g/mol. The molecule has 0 bridgehead atoms. The van der Waals surface area contributed by atoms with Crippen molar-refractivity contribution in [2.24, 2.45) is 11.3 Å². The summed E-state index contributed by atoms with van der Waals surface area (Å²) in [6.45, 7) is 5.10. The van der Waals surface area contributed by atoms with Gasteiger partial charge < -0.3 is 5.32 Å². The quantitative estimate of drug-likeness (QED) is 0.888. The molecule has 1 N–H and O–H groups in total. The SMILES string of the molecule is C=C(C)c1cc(NC(=O)C23CC2C3)ccc1C(F)(F)F. The highest BCUT2D eigenvalue weighted by atomic mass is 19.4. The van der Waals surface area contributed by atoms with E-state index in [1.54, 1.807) is 0 Å². The van der Waals surface area contributed by atoms with Crippen LogP contribution in [0.4, 0.5) is 18.9 Å². The van der Waals surface area contributed by atoms with Gasteiger partial charge in [0, 0.05) is 5.69 Å². The second kappa shape index (κ2) is 3.87. The van der Waals surface area contributed by atoms with Crippen molar-refractivity contribution in [1.29, 1.82) is 0 Å². The predicted molar refractivity (Wildman–Crippen MR) is 69.9 cm³/mol. The summed E-state index contributed by atoms with van der Waals surface area (Å²) in [7, 11) is 0. The fourth-order valence-corrected chi connectivity index (χ4v) is 2.55. The number of anilines is 1. The van der Waals surface area contributed by atoms with E-state index >= 15 is 0 Å². The van der Waals surface area contributed by atoms with Gasteiger partial charge >= 0.3 is 6.18 Å². The molecule has 0 unspecified atom stereocenters. The number of halogens is 3. The van der Waals surface area contributed by atoms with E-state index in [1.165, 1.54) is 19.1 Å². The van der Waals surface area contributed by atoms with Crippen LogP contribution in [0.25, 0.3) is 5.57 Å². The van der Waals surface area contributed by atoms with E-state index < -0.39 is 11.7 Å². The van der Waals surface area contributed by atoms with Gasteiger partial charge in [0.15, 0.2) is 0 Å². The lowest BCUT2D eigenvalue weighted by atomic mass is 10.0. The summed E-state index contributed by atoms with van der Waals surface area (Å²) in [4.78, 5) is 11.9. The monoisotopic (exact) mass is 281 g/mol. The average Bonchev–Trinajstić information content (AvgIpc) is 3.15. The Balaban J connectivity index is 1.87. The second-order valence-electron chi connectivity index (χ2n) is 5.75. The summed E-state index contributed by atoms with van der Waals surface area (Å²) in [6.07, 6.45) is -2.60. The zero-order valence-electron chi connectivity index (χ0n) is 11.0. The Labute approximate surface area is 114 Å². The molecule has 1 aromatic rings. The highest BCUT2D eigenvalue weighted by Gasteiger charge is 2.74. The van der Waals surface area contributed by atoms with Crippen LogP contribution in [-0.4, -0.2) is 5.91 Å². The highest BCUT2D eigenvalue weighted by molar-refractivity contribution is 6.00. The molecule has 0 aliphatic heterocycles. The summed E-state index contributed by atoms with van der Waals surface area (Å²) in [5.74, 6) is 0.424. The molecule has 2 nitrogen and oxygen atoms in total. The van der Waals surface area contributed by atoms with E-state index in [0.717, 1.165) is 18.9 Å². The molecule has 2 aliphatic rings. The minimum Gasteiger partial charge on any atom is -0.326 e. The van der Waals surface area contributed by atoms with Gasteiger partial charge in [0.05, 0.1) is 11.0 Å². The first-order valence-corrected chi connectivity index (χ1v) is 6.42. The molecule has 2 aliphatic carbocycles. The normalized spacial score (nSPS) is 26.7.